The topological polar surface area (TPSA) is 162 Å². The molecule has 11 nitrogen and oxygen atoms in total. The van der Waals surface area contributed by atoms with E-state index in [0.717, 1.165) is 0 Å². The van der Waals surface area contributed by atoms with Crippen molar-refractivity contribution in [2.45, 2.75) is 30.4 Å². The lowest BCUT2D eigenvalue weighted by atomic mass is 10.1. The largest absolute Gasteiger partial charge is 0.487 e. The highest BCUT2D eigenvalue weighted by molar-refractivity contribution is 7.91. The zero-order valence-corrected chi connectivity index (χ0v) is 19.0. The van der Waals surface area contributed by atoms with Crippen molar-refractivity contribution in [1.29, 1.82) is 0 Å². The molecule has 0 aliphatic rings. The molecule has 0 bridgehead atoms. The maximum atomic E-state index is 15.5. The lowest BCUT2D eigenvalue weighted by molar-refractivity contribution is 0.247. The van der Waals surface area contributed by atoms with E-state index < -0.39 is 33.2 Å². The first-order chi connectivity index (χ1) is 15.3. The van der Waals surface area contributed by atoms with Crippen LogP contribution < -0.4 is 14.2 Å². The minimum absolute atomic E-state index is 0.0917. The maximum Gasteiger partial charge on any atom is 0.250 e. The highest BCUT2D eigenvalue weighted by atomic mass is 32.2. The number of nitrogens with one attached hydrogen (secondary N) is 1. The van der Waals surface area contributed by atoms with Crippen LogP contribution in [0, 0.1) is 11.6 Å². The Labute approximate surface area is 186 Å². The summed E-state index contributed by atoms with van der Waals surface area (Å²) in [5.74, 6) is -2.90. The van der Waals surface area contributed by atoms with E-state index in [0.29, 0.717) is 11.3 Å². The normalized spacial score (nSPS) is 11.1. The van der Waals surface area contributed by atoms with Crippen LogP contribution in [0.25, 0.3) is 31.0 Å². The molecule has 0 amide bonds. The molecule has 0 unspecified atom stereocenters. The number of nitrogens with zero attached hydrogens (tertiary/aromatic N) is 6. The molecule has 174 valence electrons. The molecule has 2 aromatic rings. The van der Waals surface area contributed by atoms with Crippen molar-refractivity contribution in [2.24, 2.45) is 10.2 Å². The van der Waals surface area contributed by atoms with Crippen LogP contribution >= 0.6 is 11.3 Å². The molecule has 32 heavy (non-hydrogen) atoms. The Bertz CT molecular complexity index is 1170. The molecule has 1 aromatic carbocycles. The van der Waals surface area contributed by atoms with Crippen LogP contribution in [0.15, 0.2) is 14.4 Å². The molecule has 2 rings (SSSR count). The van der Waals surface area contributed by atoms with Crippen molar-refractivity contribution in [2.75, 3.05) is 33.4 Å². The van der Waals surface area contributed by atoms with Gasteiger partial charge in [0.2, 0.25) is 21.5 Å². The number of hydrogen-bond acceptors (Lipinski definition) is 7. The molecule has 0 saturated carbocycles. The van der Waals surface area contributed by atoms with Gasteiger partial charge in [0.05, 0.1) is 17.9 Å². The first kappa shape index (κ1) is 25.4. The van der Waals surface area contributed by atoms with Crippen molar-refractivity contribution in [3.05, 3.63) is 38.1 Å². The zero-order valence-electron chi connectivity index (χ0n) is 17.3. The Morgan fingerprint density at radius 2 is 1.56 bits per heavy atom. The Kier molecular flexibility index (Phi) is 9.29. The summed E-state index contributed by atoms with van der Waals surface area (Å²) in [6.45, 7) is 1.63. The van der Waals surface area contributed by atoms with Gasteiger partial charge in [-0.05, 0) is 42.9 Å². The average molecular weight is 490 g/mol. The molecule has 15 heteroatoms. The Hall–Kier alpha value is -2.83. The third kappa shape index (κ3) is 5.50. The predicted molar refractivity (Wildman–Crippen MR) is 116 cm³/mol. The second kappa shape index (κ2) is 11.7. The SMILES string of the molecule is CCc1c(S(=O)(=O)NC)sc2c(F)c(OCCCN=[N+]=[N-])c(OCCCN=[N+]=[N-])c(F)c12. The number of azide groups is 2. The highest BCUT2D eigenvalue weighted by Crippen LogP contribution is 2.46. The molecular formula is C17H21F2N7O4S2. The molecule has 1 heterocycles. The summed E-state index contributed by atoms with van der Waals surface area (Å²) >= 11 is 0.603. The van der Waals surface area contributed by atoms with Gasteiger partial charge in [0.1, 0.15) is 4.21 Å². The number of ether oxygens (including phenoxy) is 2. The summed E-state index contributed by atoms with van der Waals surface area (Å²) in [5, 5.41) is 6.51. The van der Waals surface area contributed by atoms with Crippen molar-refractivity contribution in [3.8, 4) is 11.5 Å². The number of fused-ring (bicyclic) bond motifs is 1. The van der Waals surface area contributed by atoms with E-state index in [4.69, 9.17) is 20.5 Å². The number of rotatable bonds is 13. The van der Waals surface area contributed by atoms with E-state index in [1.54, 1.807) is 6.92 Å². The predicted octanol–water partition coefficient (Wildman–Crippen LogP) is 4.81. The van der Waals surface area contributed by atoms with Gasteiger partial charge in [0.25, 0.3) is 0 Å². The molecule has 0 radical (unpaired) electrons. The van der Waals surface area contributed by atoms with Crippen LogP contribution in [-0.2, 0) is 16.4 Å². The summed E-state index contributed by atoms with van der Waals surface area (Å²) in [6, 6.07) is 0. The lowest BCUT2D eigenvalue weighted by Crippen LogP contribution is -2.18. The fourth-order valence-electron chi connectivity index (χ4n) is 2.84. The van der Waals surface area contributed by atoms with E-state index >= 15 is 8.78 Å². The quantitative estimate of drug-likeness (QED) is 0.185. The Morgan fingerprint density at radius 1 is 1.03 bits per heavy atom. The first-order valence-electron chi connectivity index (χ1n) is 9.51. The van der Waals surface area contributed by atoms with E-state index in [1.807, 2.05) is 0 Å². The molecule has 1 N–H and O–H groups in total. The fourth-order valence-corrected chi connectivity index (χ4v) is 5.59. The molecule has 1 aromatic heterocycles. The third-order valence-corrected chi connectivity index (χ3v) is 7.48. The van der Waals surface area contributed by atoms with Crippen molar-refractivity contribution in [1.82, 2.24) is 4.72 Å². The Morgan fingerprint density at radius 3 is 2.03 bits per heavy atom. The minimum atomic E-state index is -3.96. The van der Waals surface area contributed by atoms with Crippen molar-refractivity contribution >= 4 is 31.4 Å². The number of thiophene rings is 1. The minimum Gasteiger partial charge on any atom is -0.487 e. The van der Waals surface area contributed by atoms with E-state index in [1.165, 1.54) is 7.05 Å². The van der Waals surface area contributed by atoms with Crippen LogP contribution in [0.5, 0.6) is 11.5 Å². The third-order valence-electron chi connectivity index (χ3n) is 4.28. The Balaban J connectivity index is 2.60. The van der Waals surface area contributed by atoms with E-state index in [2.05, 4.69) is 24.8 Å². The van der Waals surface area contributed by atoms with Crippen LogP contribution in [-0.4, -0.2) is 41.8 Å². The lowest BCUT2D eigenvalue weighted by Gasteiger charge is -2.15. The second-order valence-electron chi connectivity index (χ2n) is 6.23. The summed E-state index contributed by atoms with van der Waals surface area (Å²) in [6.07, 6.45) is 0.613. The smallest absolute Gasteiger partial charge is 0.250 e. The van der Waals surface area contributed by atoms with Gasteiger partial charge in [-0.3, -0.25) is 0 Å². The fraction of sp³-hybridized carbons (Fsp3) is 0.529. The van der Waals surface area contributed by atoms with Gasteiger partial charge < -0.3 is 9.47 Å². The summed E-state index contributed by atoms with van der Waals surface area (Å²) in [4.78, 5) is 5.21. The highest BCUT2D eigenvalue weighted by Gasteiger charge is 2.31. The molecule has 0 atom stereocenters. The average Bonchev–Trinajstić information content (AvgIpc) is 3.19. The van der Waals surface area contributed by atoms with Crippen molar-refractivity contribution in [3.63, 3.8) is 0 Å². The van der Waals surface area contributed by atoms with E-state index in [9.17, 15) is 8.42 Å². The van der Waals surface area contributed by atoms with Gasteiger partial charge in [0, 0.05) is 28.3 Å². The van der Waals surface area contributed by atoms with E-state index in [-0.39, 0.29) is 65.4 Å². The van der Waals surface area contributed by atoms with Gasteiger partial charge in [-0.1, -0.05) is 17.2 Å². The summed E-state index contributed by atoms with van der Waals surface area (Å²) in [7, 11) is -2.75. The van der Waals surface area contributed by atoms with Crippen LogP contribution in [0.2, 0.25) is 0 Å². The van der Waals surface area contributed by atoms with Crippen LogP contribution in [0.3, 0.4) is 0 Å². The molecule has 0 fully saturated rings. The maximum absolute atomic E-state index is 15.5. The number of aryl methyl sites for hydroxylation is 1. The molecule has 0 spiro atoms. The van der Waals surface area contributed by atoms with Gasteiger partial charge >= 0.3 is 0 Å². The molecule has 0 aliphatic carbocycles. The van der Waals surface area contributed by atoms with Crippen LogP contribution in [0.1, 0.15) is 25.3 Å². The van der Waals surface area contributed by atoms with Gasteiger partial charge in [0.15, 0.2) is 11.6 Å². The van der Waals surface area contributed by atoms with Gasteiger partial charge in [-0.2, -0.15) is 0 Å². The molecule has 0 saturated heterocycles. The van der Waals surface area contributed by atoms with Crippen LogP contribution in [0.4, 0.5) is 8.78 Å². The number of sulfonamides is 1. The van der Waals surface area contributed by atoms with Gasteiger partial charge in [-0.25, -0.2) is 21.9 Å². The zero-order chi connectivity index (χ0) is 23.7. The number of halogens is 2. The molecule has 0 aliphatic heterocycles. The standard InChI is InChI=1S/C17H21F2N7O4S2/c1-3-10-11-12(18)14(29-8-4-6-23-25-20)15(30-9-5-7-24-26-21)13(19)16(11)31-17(10)32(27,28)22-2/h22H,3-9H2,1-2H3. The molecular weight excluding hydrogens is 468 g/mol. The number of hydrogen-bond donors (Lipinski definition) is 1. The summed E-state index contributed by atoms with van der Waals surface area (Å²) < 4.78 is 68.4. The first-order valence-corrected chi connectivity index (χ1v) is 11.8. The van der Waals surface area contributed by atoms with Gasteiger partial charge in [-0.15, -0.1) is 11.3 Å². The van der Waals surface area contributed by atoms with Crippen molar-refractivity contribution < 1.29 is 26.7 Å². The second-order valence-corrected chi connectivity index (χ2v) is 9.33. The summed E-state index contributed by atoms with van der Waals surface area (Å²) in [5.41, 5.74) is 16.8. The number of benzene rings is 1. The monoisotopic (exact) mass is 489 g/mol.